The number of halogens is 2. The zero-order valence-electron chi connectivity index (χ0n) is 14.1. The van der Waals surface area contributed by atoms with Gasteiger partial charge in [-0.2, -0.15) is 0 Å². The molecular weight excluding hydrogens is 385 g/mol. The van der Waals surface area contributed by atoms with Gasteiger partial charge < -0.3 is 5.32 Å². The van der Waals surface area contributed by atoms with Crippen molar-refractivity contribution in [2.24, 2.45) is 0 Å². The fourth-order valence-electron chi connectivity index (χ4n) is 2.55. The van der Waals surface area contributed by atoms with E-state index in [1.807, 2.05) is 61.5 Å². The number of amides is 1. The first-order chi connectivity index (χ1) is 12.5. The first-order valence-electron chi connectivity index (χ1n) is 8.07. The molecule has 132 valence electrons. The molecule has 5 heteroatoms. The topological polar surface area (TPSA) is 29.1 Å². The molecule has 0 unspecified atom stereocenters. The summed E-state index contributed by atoms with van der Waals surface area (Å²) in [6, 6.07) is 21.1. The molecule has 26 heavy (non-hydrogen) atoms. The number of hydrogen-bond donors (Lipinski definition) is 1. The smallest absolute Gasteiger partial charge is 0.234 e. The van der Waals surface area contributed by atoms with Crippen LogP contribution in [0.1, 0.15) is 5.56 Å². The highest BCUT2D eigenvalue weighted by molar-refractivity contribution is 8.00. The lowest BCUT2D eigenvalue weighted by Gasteiger charge is -2.12. The normalized spacial score (nSPS) is 10.6. The van der Waals surface area contributed by atoms with Crippen LogP contribution in [0.4, 0.5) is 5.69 Å². The van der Waals surface area contributed by atoms with Crippen LogP contribution in [0, 0.1) is 6.92 Å². The molecule has 0 aliphatic heterocycles. The third-order valence-corrected chi connectivity index (χ3v) is 5.52. The molecule has 0 radical (unpaired) electrons. The minimum atomic E-state index is -0.104. The number of thioether (sulfide) groups is 1. The van der Waals surface area contributed by atoms with Crippen molar-refractivity contribution < 1.29 is 4.79 Å². The van der Waals surface area contributed by atoms with E-state index in [4.69, 9.17) is 23.2 Å². The summed E-state index contributed by atoms with van der Waals surface area (Å²) in [4.78, 5) is 13.3. The standard InChI is InChI=1S/C21H17Cl2NOS/c1-14-10-11-15(18(23)12-14)16-6-2-5-9-20(16)26-13-21(25)24-19-8-4-3-7-17(19)22/h2-12H,13H2,1H3,(H,24,25). The number of aryl methyl sites for hydroxylation is 1. The van der Waals surface area contributed by atoms with Crippen molar-refractivity contribution in [3.63, 3.8) is 0 Å². The molecule has 0 saturated carbocycles. The number of benzene rings is 3. The van der Waals surface area contributed by atoms with E-state index < -0.39 is 0 Å². The van der Waals surface area contributed by atoms with Crippen LogP contribution in [0.25, 0.3) is 11.1 Å². The van der Waals surface area contributed by atoms with E-state index >= 15 is 0 Å². The Balaban J connectivity index is 1.75. The Hall–Kier alpha value is -1.94. The Morgan fingerprint density at radius 1 is 0.923 bits per heavy atom. The second-order valence-corrected chi connectivity index (χ2v) is 7.63. The number of rotatable bonds is 5. The lowest BCUT2D eigenvalue weighted by Crippen LogP contribution is -2.14. The van der Waals surface area contributed by atoms with E-state index in [0.29, 0.717) is 15.7 Å². The third-order valence-electron chi connectivity index (χ3n) is 3.81. The summed E-state index contributed by atoms with van der Waals surface area (Å²) >= 11 is 14.0. The number of carbonyl (C=O) groups excluding carboxylic acids is 1. The summed E-state index contributed by atoms with van der Waals surface area (Å²) in [5.41, 5.74) is 3.72. The Labute approximate surface area is 167 Å². The molecule has 1 N–H and O–H groups in total. The van der Waals surface area contributed by atoms with Crippen LogP contribution < -0.4 is 5.32 Å². The Morgan fingerprint density at radius 2 is 1.65 bits per heavy atom. The molecule has 3 aromatic carbocycles. The highest BCUT2D eigenvalue weighted by Crippen LogP contribution is 2.36. The van der Waals surface area contributed by atoms with Crippen molar-refractivity contribution >= 4 is 46.6 Å². The maximum Gasteiger partial charge on any atom is 0.234 e. The maximum atomic E-state index is 12.3. The van der Waals surface area contributed by atoms with Crippen LogP contribution in [-0.4, -0.2) is 11.7 Å². The van der Waals surface area contributed by atoms with Gasteiger partial charge in [0.1, 0.15) is 0 Å². The lowest BCUT2D eigenvalue weighted by atomic mass is 10.0. The maximum absolute atomic E-state index is 12.3. The van der Waals surface area contributed by atoms with Gasteiger partial charge >= 0.3 is 0 Å². The van der Waals surface area contributed by atoms with Crippen molar-refractivity contribution in [1.29, 1.82) is 0 Å². The molecule has 3 rings (SSSR count). The summed E-state index contributed by atoms with van der Waals surface area (Å²) in [5.74, 6) is 0.180. The molecule has 0 fully saturated rings. The van der Waals surface area contributed by atoms with Crippen molar-refractivity contribution in [3.05, 3.63) is 82.3 Å². The third kappa shape index (κ3) is 4.61. The fourth-order valence-corrected chi connectivity index (χ4v) is 3.93. The van der Waals surface area contributed by atoms with Gasteiger partial charge in [0.2, 0.25) is 5.91 Å². The van der Waals surface area contributed by atoms with Crippen LogP contribution in [0.3, 0.4) is 0 Å². The Bertz CT molecular complexity index is 943. The Morgan fingerprint density at radius 3 is 2.42 bits per heavy atom. The van der Waals surface area contributed by atoms with E-state index in [1.54, 1.807) is 12.1 Å². The molecule has 0 bridgehead atoms. The quantitative estimate of drug-likeness (QED) is 0.481. The van der Waals surface area contributed by atoms with Gasteiger partial charge in [-0.15, -0.1) is 11.8 Å². The molecule has 0 aliphatic rings. The largest absolute Gasteiger partial charge is 0.324 e. The van der Waals surface area contributed by atoms with Crippen LogP contribution in [0.5, 0.6) is 0 Å². The summed E-state index contributed by atoms with van der Waals surface area (Å²) < 4.78 is 0. The van der Waals surface area contributed by atoms with Gasteiger partial charge in [0.05, 0.1) is 16.5 Å². The summed E-state index contributed by atoms with van der Waals surface area (Å²) in [6.45, 7) is 2.01. The van der Waals surface area contributed by atoms with Crippen molar-refractivity contribution in [3.8, 4) is 11.1 Å². The molecule has 1 amide bonds. The van der Waals surface area contributed by atoms with Gasteiger partial charge in [0.25, 0.3) is 0 Å². The molecular formula is C21H17Cl2NOS. The van der Waals surface area contributed by atoms with Gasteiger partial charge in [0.15, 0.2) is 0 Å². The highest BCUT2D eigenvalue weighted by Gasteiger charge is 2.11. The van der Waals surface area contributed by atoms with Crippen molar-refractivity contribution in [1.82, 2.24) is 0 Å². The molecule has 0 aliphatic carbocycles. The molecule has 0 atom stereocenters. The molecule has 0 saturated heterocycles. The Kier molecular flexibility index (Phi) is 6.25. The second kappa shape index (κ2) is 8.63. The minimum Gasteiger partial charge on any atom is -0.324 e. The van der Waals surface area contributed by atoms with E-state index in [2.05, 4.69) is 5.32 Å². The average Bonchev–Trinajstić information content (AvgIpc) is 2.62. The molecule has 0 aromatic heterocycles. The number of carbonyl (C=O) groups is 1. The van der Waals surface area contributed by atoms with Gasteiger partial charge in [-0.05, 0) is 42.3 Å². The van der Waals surface area contributed by atoms with Crippen LogP contribution >= 0.6 is 35.0 Å². The van der Waals surface area contributed by atoms with Crippen LogP contribution in [0.15, 0.2) is 71.6 Å². The van der Waals surface area contributed by atoms with E-state index in [0.717, 1.165) is 21.6 Å². The average molecular weight is 402 g/mol. The number of nitrogens with one attached hydrogen (secondary N) is 1. The summed E-state index contributed by atoms with van der Waals surface area (Å²) in [7, 11) is 0. The van der Waals surface area contributed by atoms with Gasteiger partial charge in [-0.3, -0.25) is 4.79 Å². The van der Waals surface area contributed by atoms with E-state index in [-0.39, 0.29) is 11.7 Å². The van der Waals surface area contributed by atoms with E-state index in [9.17, 15) is 4.79 Å². The highest BCUT2D eigenvalue weighted by atomic mass is 35.5. The first kappa shape index (κ1) is 18.8. The lowest BCUT2D eigenvalue weighted by molar-refractivity contribution is -0.113. The van der Waals surface area contributed by atoms with Crippen molar-refractivity contribution in [2.45, 2.75) is 11.8 Å². The molecule has 2 nitrogen and oxygen atoms in total. The SMILES string of the molecule is Cc1ccc(-c2ccccc2SCC(=O)Nc2ccccc2Cl)c(Cl)c1. The molecule has 0 spiro atoms. The number of para-hydroxylation sites is 1. The van der Waals surface area contributed by atoms with Gasteiger partial charge in [-0.1, -0.05) is 65.7 Å². The predicted molar refractivity (Wildman–Crippen MR) is 112 cm³/mol. The van der Waals surface area contributed by atoms with Crippen LogP contribution in [-0.2, 0) is 4.79 Å². The number of hydrogen-bond acceptors (Lipinski definition) is 2. The fraction of sp³-hybridized carbons (Fsp3) is 0.0952. The summed E-state index contributed by atoms with van der Waals surface area (Å²) in [5, 5.41) is 4.07. The molecule has 0 heterocycles. The zero-order chi connectivity index (χ0) is 18.5. The first-order valence-corrected chi connectivity index (χ1v) is 9.81. The van der Waals surface area contributed by atoms with Crippen LogP contribution in [0.2, 0.25) is 10.0 Å². The second-order valence-electron chi connectivity index (χ2n) is 5.80. The summed E-state index contributed by atoms with van der Waals surface area (Å²) in [6.07, 6.45) is 0. The van der Waals surface area contributed by atoms with Crippen molar-refractivity contribution in [2.75, 3.05) is 11.1 Å². The van der Waals surface area contributed by atoms with Gasteiger partial charge in [0, 0.05) is 15.5 Å². The zero-order valence-corrected chi connectivity index (χ0v) is 16.5. The van der Waals surface area contributed by atoms with Gasteiger partial charge in [-0.25, -0.2) is 0 Å². The monoisotopic (exact) mass is 401 g/mol. The minimum absolute atomic E-state index is 0.104. The molecule has 3 aromatic rings. The van der Waals surface area contributed by atoms with E-state index in [1.165, 1.54) is 11.8 Å². The predicted octanol–water partition coefficient (Wildman–Crippen LogP) is 6.70. The number of anilines is 1.